The van der Waals surface area contributed by atoms with Gasteiger partial charge in [-0.25, -0.2) is 4.79 Å². The van der Waals surface area contributed by atoms with Gasteiger partial charge in [0.05, 0.1) is 24.5 Å². The number of ether oxygens (including phenoxy) is 2. The third kappa shape index (κ3) is 3.88. The third-order valence-electron chi connectivity index (χ3n) is 3.64. The van der Waals surface area contributed by atoms with Crippen molar-refractivity contribution in [3.63, 3.8) is 0 Å². The maximum absolute atomic E-state index is 12.1. The molecule has 1 unspecified atom stereocenters. The summed E-state index contributed by atoms with van der Waals surface area (Å²) in [6.45, 7) is 2.71. The van der Waals surface area contributed by atoms with E-state index in [1.165, 1.54) is 7.11 Å². The van der Waals surface area contributed by atoms with Gasteiger partial charge in [-0.2, -0.15) is 5.26 Å². The van der Waals surface area contributed by atoms with Crippen LogP contribution in [0.4, 0.5) is 0 Å². The Hall–Kier alpha value is -2.39. The number of benzene rings is 1. The van der Waals surface area contributed by atoms with Crippen molar-refractivity contribution in [1.82, 2.24) is 0 Å². The summed E-state index contributed by atoms with van der Waals surface area (Å²) in [6.07, 6.45) is 2.17. The second kappa shape index (κ2) is 7.75. The number of nitriles is 1. The van der Waals surface area contributed by atoms with Gasteiger partial charge in [0.2, 0.25) is 0 Å². The number of carbonyl (C=O) groups excluding carboxylic acids is 1. The van der Waals surface area contributed by atoms with Crippen LogP contribution in [0.3, 0.4) is 0 Å². The van der Waals surface area contributed by atoms with Gasteiger partial charge in [-0.1, -0.05) is 30.6 Å². The first-order valence-electron chi connectivity index (χ1n) is 7.57. The van der Waals surface area contributed by atoms with Crippen LogP contribution in [0.15, 0.2) is 29.4 Å². The van der Waals surface area contributed by atoms with E-state index in [1.54, 1.807) is 18.2 Å². The van der Waals surface area contributed by atoms with Crippen LogP contribution in [0.1, 0.15) is 37.3 Å². The predicted molar refractivity (Wildman–Crippen MR) is 83.9 cm³/mol. The minimum atomic E-state index is -1.25. The quantitative estimate of drug-likeness (QED) is 0.570. The smallest absolute Gasteiger partial charge is 0.356 e. The molecule has 0 spiro atoms. The number of hydrogen-bond acceptors (Lipinski definition) is 6. The number of methoxy groups -OCH3 is 1. The summed E-state index contributed by atoms with van der Waals surface area (Å²) in [4.78, 5) is 17.6. The molecular formula is C17H20N2O4. The topological polar surface area (TPSA) is 80.9 Å². The molecule has 0 N–H and O–H groups in total. The first kappa shape index (κ1) is 17.0. The number of hydrogen-bond donors (Lipinski definition) is 0. The fourth-order valence-electron chi connectivity index (χ4n) is 2.32. The predicted octanol–water partition coefficient (Wildman–Crippen LogP) is 2.41. The summed E-state index contributed by atoms with van der Waals surface area (Å²) < 4.78 is 10.4. The van der Waals surface area contributed by atoms with Crippen LogP contribution in [0.5, 0.6) is 0 Å². The lowest BCUT2D eigenvalue weighted by atomic mass is 9.94. The Morgan fingerprint density at radius 3 is 3.04 bits per heavy atom. The van der Waals surface area contributed by atoms with Crippen LogP contribution in [-0.4, -0.2) is 37.6 Å². The molecule has 0 saturated carbocycles. The van der Waals surface area contributed by atoms with Crippen molar-refractivity contribution in [3.05, 3.63) is 35.4 Å². The van der Waals surface area contributed by atoms with E-state index in [2.05, 4.69) is 18.1 Å². The molecule has 1 aliphatic heterocycles. The van der Waals surface area contributed by atoms with Crippen molar-refractivity contribution in [2.24, 2.45) is 5.16 Å². The molecule has 0 fully saturated rings. The Morgan fingerprint density at radius 2 is 2.35 bits per heavy atom. The first-order chi connectivity index (χ1) is 11.1. The Morgan fingerprint density at radius 1 is 1.52 bits per heavy atom. The number of esters is 1. The summed E-state index contributed by atoms with van der Waals surface area (Å²) in [5.41, 5.74) is 0.635. The summed E-state index contributed by atoms with van der Waals surface area (Å²) in [5.74, 6) is -0.510. The zero-order chi connectivity index (χ0) is 16.7. The SMILES string of the molecule is CCCCOCC1(C(=O)OC)CC(c2cccc(C#N)c2)=NO1. The van der Waals surface area contributed by atoms with Gasteiger partial charge in [0.25, 0.3) is 5.60 Å². The van der Waals surface area contributed by atoms with E-state index in [1.807, 2.05) is 6.07 Å². The van der Waals surface area contributed by atoms with Crippen LogP contribution in [-0.2, 0) is 19.1 Å². The van der Waals surface area contributed by atoms with Crippen LogP contribution in [0, 0.1) is 11.3 Å². The van der Waals surface area contributed by atoms with Gasteiger partial charge in [-0.15, -0.1) is 0 Å². The minimum absolute atomic E-state index is 0.0879. The standard InChI is InChI=1S/C17H20N2O4/c1-3-4-8-22-12-17(16(20)21-2)10-15(19-23-17)14-7-5-6-13(9-14)11-18/h5-7,9H,3-4,8,10,12H2,1-2H3. The van der Waals surface area contributed by atoms with Crippen molar-refractivity contribution in [2.45, 2.75) is 31.8 Å². The van der Waals surface area contributed by atoms with Crippen LogP contribution >= 0.6 is 0 Å². The molecule has 1 atom stereocenters. The van der Waals surface area contributed by atoms with Gasteiger partial charge in [0, 0.05) is 18.6 Å². The average Bonchev–Trinajstić information content (AvgIpc) is 3.04. The maximum Gasteiger partial charge on any atom is 0.356 e. The van der Waals surface area contributed by atoms with E-state index in [0.29, 0.717) is 17.9 Å². The zero-order valence-electron chi connectivity index (χ0n) is 13.4. The van der Waals surface area contributed by atoms with E-state index >= 15 is 0 Å². The Balaban J connectivity index is 2.12. The molecule has 0 bridgehead atoms. The minimum Gasteiger partial charge on any atom is -0.466 e. The Bertz CT molecular complexity index is 636. The van der Waals surface area contributed by atoms with Crippen molar-refractivity contribution >= 4 is 11.7 Å². The molecule has 122 valence electrons. The molecule has 1 aliphatic rings. The molecule has 0 aromatic heterocycles. The number of carbonyl (C=O) groups is 1. The van der Waals surface area contributed by atoms with Gasteiger partial charge >= 0.3 is 5.97 Å². The van der Waals surface area contributed by atoms with E-state index in [4.69, 9.17) is 19.6 Å². The fourth-order valence-corrected chi connectivity index (χ4v) is 2.32. The summed E-state index contributed by atoms with van der Waals surface area (Å²) >= 11 is 0. The average molecular weight is 316 g/mol. The summed E-state index contributed by atoms with van der Waals surface area (Å²) in [6, 6.07) is 9.10. The Kier molecular flexibility index (Phi) is 5.72. The number of oxime groups is 1. The lowest BCUT2D eigenvalue weighted by molar-refractivity contribution is -0.174. The molecule has 6 nitrogen and oxygen atoms in total. The molecule has 0 saturated heterocycles. The van der Waals surface area contributed by atoms with Crippen LogP contribution in [0.25, 0.3) is 0 Å². The molecule has 0 aliphatic carbocycles. The monoisotopic (exact) mass is 316 g/mol. The highest BCUT2D eigenvalue weighted by atomic mass is 16.7. The lowest BCUT2D eigenvalue weighted by Crippen LogP contribution is -2.44. The third-order valence-corrected chi connectivity index (χ3v) is 3.64. The molecule has 23 heavy (non-hydrogen) atoms. The van der Waals surface area contributed by atoms with Gasteiger partial charge in [0.1, 0.15) is 6.61 Å². The van der Waals surface area contributed by atoms with Gasteiger partial charge < -0.3 is 14.3 Å². The molecule has 2 rings (SSSR count). The maximum atomic E-state index is 12.1. The number of unbranched alkanes of at least 4 members (excludes halogenated alkanes) is 1. The van der Waals surface area contributed by atoms with Crippen molar-refractivity contribution in [2.75, 3.05) is 20.3 Å². The first-order valence-corrected chi connectivity index (χ1v) is 7.57. The number of rotatable bonds is 7. The second-order valence-electron chi connectivity index (χ2n) is 5.39. The number of nitrogens with zero attached hydrogens (tertiary/aromatic N) is 2. The normalized spacial score (nSPS) is 19.6. The van der Waals surface area contributed by atoms with Crippen LogP contribution < -0.4 is 0 Å². The molecule has 0 amide bonds. The van der Waals surface area contributed by atoms with E-state index in [0.717, 1.165) is 18.4 Å². The summed E-state index contributed by atoms with van der Waals surface area (Å²) in [5, 5.41) is 13.0. The van der Waals surface area contributed by atoms with E-state index in [9.17, 15) is 4.79 Å². The molecule has 1 aromatic rings. The van der Waals surface area contributed by atoms with E-state index in [-0.39, 0.29) is 13.0 Å². The van der Waals surface area contributed by atoms with Crippen LogP contribution in [0.2, 0.25) is 0 Å². The largest absolute Gasteiger partial charge is 0.466 e. The molecule has 1 aromatic carbocycles. The highest BCUT2D eigenvalue weighted by Crippen LogP contribution is 2.29. The van der Waals surface area contributed by atoms with Gasteiger partial charge in [0.15, 0.2) is 0 Å². The highest BCUT2D eigenvalue weighted by molar-refractivity contribution is 6.05. The lowest BCUT2D eigenvalue weighted by Gasteiger charge is -2.23. The fraction of sp³-hybridized carbons (Fsp3) is 0.471. The van der Waals surface area contributed by atoms with Gasteiger partial charge in [-0.05, 0) is 18.6 Å². The van der Waals surface area contributed by atoms with Crippen molar-refractivity contribution in [3.8, 4) is 6.07 Å². The van der Waals surface area contributed by atoms with Crippen molar-refractivity contribution < 1.29 is 19.1 Å². The molecule has 1 heterocycles. The molecule has 0 radical (unpaired) electrons. The zero-order valence-corrected chi connectivity index (χ0v) is 13.4. The summed E-state index contributed by atoms with van der Waals surface area (Å²) in [7, 11) is 1.31. The molecular weight excluding hydrogens is 296 g/mol. The molecule has 6 heteroatoms. The van der Waals surface area contributed by atoms with Crippen molar-refractivity contribution in [1.29, 1.82) is 5.26 Å². The van der Waals surface area contributed by atoms with E-state index < -0.39 is 11.6 Å². The Labute approximate surface area is 135 Å². The highest BCUT2D eigenvalue weighted by Gasteiger charge is 2.48. The van der Waals surface area contributed by atoms with Gasteiger partial charge in [-0.3, -0.25) is 0 Å². The second-order valence-corrected chi connectivity index (χ2v) is 5.39.